The molecule has 10 heteroatoms. The molecule has 2 N–H and O–H groups in total. The molecule has 1 aliphatic rings. The van der Waals surface area contributed by atoms with Crippen LogP contribution in [0.2, 0.25) is 5.02 Å². The Hall–Kier alpha value is -2.69. The van der Waals surface area contributed by atoms with Crippen molar-refractivity contribution >= 4 is 50.3 Å². The van der Waals surface area contributed by atoms with Gasteiger partial charge < -0.3 is 20.1 Å². The third-order valence-electron chi connectivity index (χ3n) is 4.88. The van der Waals surface area contributed by atoms with E-state index in [1.165, 1.54) is 22.5 Å². The maximum Gasteiger partial charge on any atom is 0.243 e. The number of thiocarbonyl (C=S) groups is 1. The molecule has 7 nitrogen and oxygen atoms in total. The van der Waals surface area contributed by atoms with E-state index in [0.717, 1.165) is 11.4 Å². The van der Waals surface area contributed by atoms with Gasteiger partial charge in [0.05, 0.1) is 28.8 Å². The van der Waals surface area contributed by atoms with Crippen molar-refractivity contribution in [2.24, 2.45) is 0 Å². The number of rotatable bonds is 6. The fourth-order valence-electron chi connectivity index (χ4n) is 3.21. The number of benzene rings is 3. The molecule has 172 valence electrons. The van der Waals surface area contributed by atoms with Crippen molar-refractivity contribution in [2.75, 3.05) is 36.9 Å². The first-order chi connectivity index (χ1) is 15.9. The summed E-state index contributed by atoms with van der Waals surface area (Å²) in [7, 11) is -3.65. The molecule has 1 heterocycles. The van der Waals surface area contributed by atoms with Gasteiger partial charge in [0.25, 0.3) is 0 Å². The molecule has 3 aromatic carbocycles. The van der Waals surface area contributed by atoms with Crippen LogP contribution in [0.15, 0.2) is 77.7 Å². The molecule has 1 saturated heterocycles. The molecule has 4 rings (SSSR count). The molecule has 3 aromatic rings. The molecule has 0 aliphatic carbocycles. The second-order valence-corrected chi connectivity index (χ2v) is 9.93. The highest BCUT2D eigenvalue weighted by Crippen LogP contribution is 2.28. The maximum absolute atomic E-state index is 12.9. The lowest BCUT2D eigenvalue weighted by molar-refractivity contribution is 0.0730. The topological polar surface area (TPSA) is 79.9 Å². The summed E-state index contributed by atoms with van der Waals surface area (Å²) in [4.78, 5) is 0.140. The third kappa shape index (κ3) is 6.01. The number of ether oxygens (including phenoxy) is 2. The summed E-state index contributed by atoms with van der Waals surface area (Å²) >= 11 is 11.7. The zero-order chi connectivity index (χ0) is 23.3. The van der Waals surface area contributed by atoms with Gasteiger partial charge in [-0.2, -0.15) is 4.31 Å². The molecule has 1 aliphatic heterocycles. The van der Waals surface area contributed by atoms with Gasteiger partial charge in [0, 0.05) is 18.8 Å². The molecule has 0 aromatic heterocycles. The number of para-hydroxylation sites is 1. The Kier molecular flexibility index (Phi) is 7.46. The Morgan fingerprint density at radius 2 is 1.61 bits per heavy atom. The molecule has 0 spiro atoms. The first kappa shape index (κ1) is 23.5. The minimum Gasteiger partial charge on any atom is -0.457 e. The van der Waals surface area contributed by atoms with Gasteiger partial charge in [-0.25, -0.2) is 8.42 Å². The monoisotopic (exact) mass is 503 g/mol. The molecule has 0 radical (unpaired) electrons. The largest absolute Gasteiger partial charge is 0.457 e. The summed E-state index contributed by atoms with van der Waals surface area (Å²) in [5.41, 5.74) is 1.13. The van der Waals surface area contributed by atoms with Crippen molar-refractivity contribution < 1.29 is 17.9 Å². The number of sulfonamides is 1. The highest BCUT2D eigenvalue weighted by atomic mass is 35.5. The average molecular weight is 504 g/mol. The molecule has 33 heavy (non-hydrogen) atoms. The zero-order valence-corrected chi connectivity index (χ0v) is 19.9. The van der Waals surface area contributed by atoms with Crippen LogP contribution < -0.4 is 15.4 Å². The van der Waals surface area contributed by atoms with Crippen molar-refractivity contribution in [1.29, 1.82) is 0 Å². The van der Waals surface area contributed by atoms with Crippen LogP contribution in [0, 0.1) is 0 Å². The predicted molar refractivity (Wildman–Crippen MR) is 134 cm³/mol. The van der Waals surface area contributed by atoms with Crippen LogP contribution in [0.1, 0.15) is 0 Å². The number of hydrogen-bond donors (Lipinski definition) is 2. The molecule has 1 fully saturated rings. The standard InChI is InChI=1S/C23H22ClN3O4S2/c24-21-11-10-20(33(28,29)27-12-14-30-15-13-27)16-22(21)26-23(32)25-17-6-8-19(9-7-17)31-18-4-2-1-3-5-18/h1-11,16H,12-15H2,(H2,25,26,32). The Morgan fingerprint density at radius 3 is 2.30 bits per heavy atom. The van der Waals surface area contributed by atoms with E-state index in [4.69, 9.17) is 33.3 Å². The third-order valence-corrected chi connectivity index (χ3v) is 7.31. The smallest absolute Gasteiger partial charge is 0.243 e. The van der Waals surface area contributed by atoms with E-state index in [-0.39, 0.29) is 10.0 Å². The highest BCUT2D eigenvalue weighted by Gasteiger charge is 2.27. The van der Waals surface area contributed by atoms with Crippen molar-refractivity contribution in [3.63, 3.8) is 0 Å². The van der Waals surface area contributed by atoms with Crippen LogP contribution in [-0.4, -0.2) is 44.1 Å². The van der Waals surface area contributed by atoms with Gasteiger partial charge in [-0.3, -0.25) is 0 Å². The van der Waals surface area contributed by atoms with Crippen LogP contribution in [-0.2, 0) is 14.8 Å². The number of anilines is 2. The van der Waals surface area contributed by atoms with E-state index >= 15 is 0 Å². The van der Waals surface area contributed by atoms with Gasteiger partial charge in [0.1, 0.15) is 11.5 Å². The van der Waals surface area contributed by atoms with Crippen LogP contribution in [0.3, 0.4) is 0 Å². The van der Waals surface area contributed by atoms with Gasteiger partial charge >= 0.3 is 0 Å². The molecule has 0 atom stereocenters. The fraction of sp³-hybridized carbons (Fsp3) is 0.174. The quantitative estimate of drug-likeness (QED) is 0.460. The number of nitrogens with zero attached hydrogens (tertiary/aromatic N) is 1. The zero-order valence-electron chi connectivity index (χ0n) is 17.5. The van der Waals surface area contributed by atoms with Crippen LogP contribution in [0.5, 0.6) is 11.5 Å². The first-order valence-electron chi connectivity index (χ1n) is 10.2. The fourth-order valence-corrected chi connectivity index (χ4v) is 5.04. The van der Waals surface area contributed by atoms with Crippen molar-refractivity contribution in [2.45, 2.75) is 4.90 Å². The normalized spacial score (nSPS) is 14.5. The van der Waals surface area contributed by atoms with Crippen molar-refractivity contribution in [3.05, 3.63) is 77.8 Å². The summed E-state index contributed by atoms with van der Waals surface area (Å²) < 4.78 is 38.3. The van der Waals surface area contributed by atoms with Crippen LogP contribution in [0.4, 0.5) is 11.4 Å². The molecule has 0 saturated carbocycles. The lowest BCUT2D eigenvalue weighted by Crippen LogP contribution is -2.40. The predicted octanol–water partition coefficient (Wildman–Crippen LogP) is 4.96. The van der Waals surface area contributed by atoms with E-state index < -0.39 is 10.0 Å². The van der Waals surface area contributed by atoms with Crippen molar-refractivity contribution in [3.8, 4) is 11.5 Å². The SMILES string of the molecule is O=S(=O)(c1ccc(Cl)c(NC(=S)Nc2ccc(Oc3ccccc3)cc2)c1)N1CCOCC1. The number of halogens is 1. The van der Waals surface area contributed by atoms with Crippen LogP contribution >= 0.6 is 23.8 Å². The number of nitrogens with one attached hydrogen (secondary N) is 2. The first-order valence-corrected chi connectivity index (χ1v) is 12.4. The molecule has 0 unspecified atom stereocenters. The Labute approximate surface area is 203 Å². The summed E-state index contributed by atoms with van der Waals surface area (Å²) in [5, 5.41) is 6.66. The van der Waals surface area contributed by atoms with Gasteiger partial charge in [0.2, 0.25) is 10.0 Å². The summed E-state index contributed by atoms with van der Waals surface area (Å²) in [6, 6.07) is 21.3. The van der Waals surface area contributed by atoms with E-state index in [9.17, 15) is 8.42 Å². The number of hydrogen-bond acceptors (Lipinski definition) is 5. The van der Waals surface area contributed by atoms with E-state index in [1.54, 1.807) is 0 Å². The summed E-state index contributed by atoms with van der Waals surface area (Å²) in [6.07, 6.45) is 0. The molecule has 0 bridgehead atoms. The molecular weight excluding hydrogens is 482 g/mol. The van der Waals surface area contributed by atoms with Gasteiger partial charge in [-0.15, -0.1) is 0 Å². The van der Waals surface area contributed by atoms with Crippen molar-refractivity contribution in [1.82, 2.24) is 4.31 Å². The Balaban J connectivity index is 1.41. The minimum absolute atomic E-state index is 0.140. The molecular formula is C23H22ClN3O4S2. The van der Waals surface area contributed by atoms with Gasteiger partial charge in [-0.05, 0) is 66.8 Å². The summed E-state index contributed by atoms with van der Waals surface area (Å²) in [6.45, 7) is 1.39. The Morgan fingerprint density at radius 1 is 0.939 bits per heavy atom. The van der Waals surface area contributed by atoms with Gasteiger partial charge in [0.15, 0.2) is 5.11 Å². The van der Waals surface area contributed by atoms with E-state index in [2.05, 4.69) is 10.6 Å². The van der Waals surface area contributed by atoms with E-state index in [1.807, 2.05) is 54.6 Å². The minimum atomic E-state index is -3.65. The second-order valence-electron chi connectivity index (χ2n) is 7.18. The second kappa shape index (κ2) is 10.5. The summed E-state index contributed by atoms with van der Waals surface area (Å²) in [5.74, 6) is 1.44. The van der Waals surface area contributed by atoms with Gasteiger partial charge in [-0.1, -0.05) is 29.8 Å². The van der Waals surface area contributed by atoms with E-state index in [0.29, 0.717) is 42.8 Å². The average Bonchev–Trinajstić information content (AvgIpc) is 2.83. The Bertz CT molecular complexity index is 1220. The van der Waals surface area contributed by atoms with Crippen LogP contribution in [0.25, 0.3) is 0 Å². The maximum atomic E-state index is 12.9. The highest BCUT2D eigenvalue weighted by molar-refractivity contribution is 7.89. The lowest BCUT2D eigenvalue weighted by Gasteiger charge is -2.26. The number of morpholine rings is 1. The lowest BCUT2D eigenvalue weighted by atomic mass is 10.3. The molecule has 0 amide bonds.